The molecule has 6 nitrogen and oxygen atoms in total. The van der Waals surface area contributed by atoms with Gasteiger partial charge in [-0.3, -0.25) is 0 Å². The number of urea groups is 1. The van der Waals surface area contributed by atoms with Crippen molar-refractivity contribution >= 4 is 11.7 Å². The summed E-state index contributed by atoms with van der Waals surface area (Å²) in [4.78, 5) is 19.7. The Kier molecular flexibility index (Phi) is 6.11. The molecule has 0 aliphatic rings. The summed E-state index contributed by atoms with van der Waals surface area (Å²) in [6.45, 7) is 2.00. The normalized spacial score (nSPS) is 10.4. The highest BCUT2D eigenvalue weighted by molar-refractivity contribution is 5.89. The number of benzene rings is 2. The van der Waals surface area contributed by atoms with Crippen molar-refractivity contribution in [1.82, 2.24) is 15.3 Å². The van der Waals surface area contributed by atoms with E-state index in [1.54, 1.807) is 6.07 Å². The highest BCUT2D eigenvalue weighted by atomic mass is 19.1. The lowest BCUT2D eigenvalue weighted by Gasteiger charge is -2.10. The molecular formula is C20H18F2N4O2. The summed E-state index contributed by atoms with van der Waals surface area (Å²) < 4.78 is 32.9. The van der Waals surface area contributed by atoms with Gasteiger partial charge in [-0.1, -0.05) is 42.0 Å². The van der Waals surface area contributed by atoms with Crippen molar-refractivity contribution < 1.29 is 18.3 Å². The second kappa shape index (κ2) is 8.90. The summed E-state index contributed by atoms with van der Waals surface area (Å²) in [6, 6.07) is 12.8. The van der Waals surface area contributed by atoms with E-state index in [4.69, 9.17) is 4.74 Å². The van der Waals surface area contributed by atoms with Crippen LogP contribution in [-0.4, -0.2) is 16.0 Å². The number of anilines is 1. The van der Waals surface area contributed by atoms with E-state index in [1.807, 2.05) is 31.2 Å². The fourth-order valence-corrected chi connectivity index (χ4v) is 2.30. The van der Waals surface area contributed by atoms with Crippen molar-refractivity contribution in [3.63, 3.8) is 0 Å². The Morgan fingerprint density at radius 3 is 2.57 bits per heavy atom. The molecule has 2 amide bonds. The first kappa shape index (κ1) is 19.2. The quantitative estimate of drug-likeness (QED) is 0.674. The minimum absolute atomic E-state index is 0.00622. The van der Waals surface area contributed by atoms with Crippen molar-refractivity contribution in [2.24, 2.45) is 0 Å². The van der Waals surface area contributed by atoms with Crippen LogP contribution in [0.4, 0.5) is 19.3 Å². The first-order valence-corrected chi connectivity index (χ1v) is 8.50. The van der Waals surface area contributed by atoms with Gasteiger partial charge in [-0.25, -0.2) is 18.6 Å². The molecule has 3 rings (SSSR count). The summed E-state index contributed by atoms with van der Waals surface area (Å²) in [5, 5.41) is 4.76. The third-order valence-electron chi connectivity index (χ3n) is 3.82. The maximum atomic E-state index is 13.9. The molecule has 0 bridgehead atoms. The number of para-hydroxylation sites is 1. The first-order chi connectivity index (χ1) is 13.5. The Morgan fingerprint density at radius 1 is 1.07 bits per heavy atom. The van der Waals surface area contributed by atoms with Crippen LogP contribution < -0.4 is 15.4 Å². The van der Waals surface area contributed by atoms with Crippen molar-refractivity contribution in [3.8, 4) is 6.01 Å². The van der Waals surface area contributed by atoms with Gasteiger partial charge in [0.2, 0.25) is 0 Å². The van der Waals surface area contributed by atoms with Crippen molar-refractivity contribution in [2.45, 2.75) is 20.1 Å². The van der Waals surface area contributed by atoms with Crippen molar-refractivity contribution in [3.05, 3.63) is 83.2 Å². The molecule has 0 aliphatic heterocycles. The number of carbonyl (C=O) groups is 1. The molecule has 8 heteroatoms. The number of nitrogens with one attached hydrogen (secondary N) is 2. The zero-order chi connectivity index (χ0) is 19.9. The van der Waals surface area contributed by atoms with E-state index in [-0.39, 0.29) is 30.5 Å². The van der Waals surface area contributed by atoms with Gasteiger partial charge < -0.3 is 15.4 Å². The lowest BCUT2D eigenvalue weighted by molar-refractivity contribution is 0.251. The minimum Gasteiger partial charge on any atom is -0.459 e. The lowest BCUT2D eigenvalue weighted by atomic mass is 10.2. The van der Waals surface area contributed by atoms with Crippen LogP contribution in [0.15, 0.2) is 54.7 Å². The number of aromatic nitrogens is 2. The molecule has 0 saturated heterocycles. The number of halogens is 2. The average molecular weight is 384 g/mol. The summed E-state index contributed by atoms with van der Waals surface area (Å²) in [7, 11) is 0. The lowest BCUT2D eigenvalue weighted by Crippen LogP contribution is -2.29. The van der Waals surface area contributed by atoms with Crippen LogP contribution in [0.5, 0.6) is 6.01 Å². The first-order valence-electron chi connectivity index (χ1n) is 8.50. The predicted molar refractivity (Wildman–Crippen MR) is 99.8 cm³/mol. The van der Waals surface area contributed by atoms with Crippen LogP contribution in [0.3, 0.4) is 0 Å². The molecule has 0 unspecified atom stereocenters. The Balaban J connectivity index is 1.57. The topological polar surface area (TPSA) is 76.1 Å². The smallest absolute Gasteiger partial charge is 0.319 e. The van der Waals surface area contributed by atoms with Crippen LogP contribution >= 0.6 is 0 Å². The molecule has 1 heterocycles. The molecule has 3 aromatic rings. The summed E-state index contributed by atoms with van der Waals surface area (Å²) >= 11 is 0. The van der Waals surface area contributed by atoms with Crippen molar-refractivity contribution in [1.29, 1.82) is 0 Å². The van der Waals surface area contributed by atoms with Gasteiger partial charge in [0.25, 0.3) is 0 Å². The van der Waals surface area contributed by atoms with Crippen LogP contribution in [0, 0.1) is 18.6 Å². The number of aryl methyl sites for hydroxylation is 1. The number of rotatable bonds is 6. The Morgan fingerprint density at radius 2 is 1.82 bits per heavy atom. The molecule has 0 saturated carbocycles. The highest BCUT2D eigenvalue weighted by Crippen LogP contribution is 2.13. The van der Waals surface area contributed by atoms with E-state index in [1.165, 1.54) is 18.2 Å². The van der Waals surface area contributed by atoms with Gasteiger partial charge in [0.1, 0.15) is 18.1 Å². The second-order valence-electron chi connectivity index (χ2n) is 6.01. The van der Waals surface area contributed by atoms with E-state index >= 15 is 0 Å². The largest absolute Gasteiger partial charge is 0.459 e. The molecule has 2 aromatic carbocycles. The van der Waals surface area contributed by atoms with E-state index < -0.39 is 17.7 Å². The van der Waals surface area contributed by atoms with E-state index in [0.29, 0.717) is 0 Å². The standard InChI is InChI=1S/C20H18F2N4O2/c1-13-6-8-14(9-7-13)12-28-20-24-10-16(22)18(26-20)11-23-19(27)25-17-5-3-2-4-15(17)21/h2-10H,11-12H2,1H3,(H2,23,25,27). The molecule has 0 fully saturated rings. The van der Waals surface area contributed by atoms with Crippen LogP contribution in [-0.2, 0) is 13.2 Å². The molecule has 2 N–H and O–H groups in total. The second-order valence-corrected chi connectivity index (χ2v) is 6.01. The van der Waals surface area contributed by atoms with Gasteiger partial charge in [-0.2, -0.15) is 4.98 Å². The summed E-state index contributed by atoms with van der Waals surface area (Å²) in [5.41, 5.74) is 2.02. The van der Waals surface area contributed by atoms with E-state index in [2.05, 4.69) is 20.6 Å². The number of nitrogens with zero attached hydrogens (tertiary/aromatic N) is 2. The van der Waals surface area contributed by atoms with Crippen molar-refractivity contribution in [2.75, 3.05) is 5.32 Å². The SMILES string of the molecule is Cc1ccc(COc2ncc(F)c(CNC(=O)Nc3ccccc3F)n2)cc1. The summed E-state index contributed by atoms with van der Waals surface area (Å²) in [5.74, 6) is -1.26. The predicted octanol–water partition coefficient (Wildman–Crippen LogP) is 3.96. The molecular weight excluding hydrogens is 366 g/mol. The van der Waals surface area contributed by atoms with Crippen LogP contribution in [0.2, 0.25) is 0 Å². The van der Waals surface area contributed by atoms with Gasteiger partial charge in [0.05, 0.1) is 18.4 Å². The number of carbonyl (C=O) groups excluding carboxylic acids is 1. The zero-order valence-corrected chi connectivity index (χ0v) is 15.1. The number of hydrogen-bond donors (Lipinski definition) is 2. The van der Waals surface area contributed by atoms with Gasteiger partial charge in [-0.05, 0) is 24.6 Å². The Hall–Kier alpha value is -3.55. The third kappa shape index (κ3) is 5.23. The average Bonchev–Trinajstić information content (AvgIpc) is 2.69. The molecule has 28 heavy (non-hydrogen) atoms. The Labute approximate surface area is 160 Å². The fraction of sp³-hybridized carbons (Fsp3) is 0.150. The molecule has 144 valence electrons. The van der Waals surface area contributed by atoms with E-state index in [0.717, 1.165) is 17.3 Å². The monoisotopic (exact) mass is 384 g/mol. The zero-order valence-electron chi connectivity index (χ0n) is 15.1. The summed E-state index contributed by atoms with van der Waals surface area (Å²) in [6.07, 6.45) is 0.975. The molecule has 0 radical (unpaired) electrons. The number of amides is 2. The van der Waals surface area contributed by atoms with Gasteiger partial charge in [0.15, 0.2) is 5.82 Å². The maximum Gasteiger partial charge on any atom is 0.319 e. The molecule has 0 atom stereocenters. The highest BCUT2D eigenvalue weighted by Gasteiger charge is 2.11. The van der Waals surface area contributed by atoms with Crippen LogP contribution in [0.1, 0.15) is 16.8 Å². The van der Waals surface area contributed by atoms with Gasteiger partial charge in [0, 0.05) is 0 Å². The third-order valence-corrected chi connectivity index (χ3v) is 3.82. The molecule has 1 aromatic heterocycles. The number of ether oxygens (including phenoxy) is 1. The minimum atomic E-state index is -0.690. The van der Waals surface area contributed by atoms with Gasteiger partial charge >= 0.3 is 12.0 Å². The van der Waals surface area contributed by atoms with Gasteiger partial charge in [-0.15, -0.1) is 0 Å². The molecule has 0 spiro atoms. The maximum absolute atomic E-state index is 13.9. The molecule has 0 aliphatic carbocycles. The van der Waals surface area contributed by atoms with E-state index in [9.17, 15) is 13.6 Å². The fourth-order valence-electron chi connectivity index (χ4n) is 2.30. The van der Waals surface area contributed by atoms with Crippen LogP contribution in [0.25, 0.3) is 0 Å². The Bertz CT molecular complexity index is 965. The number of hydrogen-bond acceptors (Lipinski definition) is 4.